The molecule has 116 valence electrons. The Kier molecular flexibility index (Phi) is 4.67. The number of nitrogens with one attached hydrogen (secondary N) is 1. The van der Waals surface area contributed by atoms with Crippen LogP contribution >= 0.6 is 0 Å². The Labute approximate surface area is 124 Å². The maximum atomic E-state index is 12.3. The van der Waals surface area contributed by atoms with Gasteiger partial charge >= 0.3 is 6.36 Å². The second-order valence-electron chi connectivity index (χ2n) is 4.35. The number of aliphatic hydroxyl groups is 1. The van der Waals surface area contributed by atoms with E-state index in [1.807, 2.05) is 0 Å². The molecule has 0 saturated heterocycles. The number of carbonyl (C=O) groups is 1. The summed E-state index contributed by atoms with van der Waals surface area (Å²) in [5, 5.41) is 12.1. The summed E-state index contributed by atoms with van der Waals surface area (Å²) < 4.78 is 40.7. The Bertz CT molecular complexity index is 644. The van der Waals surface area contributed by atoms with E-state index in [4.69, 9.17) is 0 Å². The van der Waals surface area contributed by atoms with Crippen LogP contribution in [0.3, 0.4) is 0 Å². The van der Waals surface area contributed by atoms with Crippen LogP contribution < -0.4 is 10.1 Å². The van der Waals surface area contributed by atoms with Crippen molar-refractivity contribution in [2.24, 2.45) is 0 Å². The first-order valence-electron chi connectivity index (χ1n) is 6.25. The van der Waals surface area contributed by atoms with Crippen LogP contribution in [0.4, 0.5) is 18.9 Å². The van der Waals surface area contributed by atoms with Crippen molar-refractivity contribution in [1.82, 2.24) is 0 Å². The van der Waals surface area contributed by atoms with E-state index in [0.717, 1.165) is 6.07 Å². The number of carbonyl (C=O) groups excluding carboxylic acids is 1. The molecule has 1 atom stereocenters. The second kappa shape index (κ2) is 6.48. The SMILES string of the molecule is O=C(Nc1ccccc1OC(F)(F)F)C(O)c1ccccc1. The lowest BCUT2D eigenvalue weighted by Gasteiger charge is -2.15. The molecule has 0 aliphatic heterocycles. The summed E-state index contributed by atoms with van der Waals surface area (Å²) in [7, 11) is 0. The smallest absolute Gasteiger partial charge is 0.404 e. The molecule has 0 fully saturated rings. The third-order valence-corrected chi connectivity index (χ3v) is 2.73. The summed E-state index contributed by atoms with van der Waals surface area (Å²) >= 11 is 0. The van der Waals surface area contributed by atoms with E-state index in [2.05, 4.69) is 10.1 Å². The molecule has 0 radical (unpaired) electrons. The van der Waals surface area contributed by atoms with E-state index in [1.165, 1.54) is 30.3 Å². The average molecular weight is 311 g/mol. The Morgan fingerprint density at radius 3 is 2.27 bits per heavy atom. The van der Waals surface area contributed by atoms with Gasteiger partial charge in [0.05, 0.1) is 5.69 Å². The number of rotatable bonds is 4. The number of aliphatic hydroxyl groups excluding tert-OH is 1. The number of halogens is 3. The highest BCUT2D eigenvalue weighted by Gasteiger charge is 2.32. The molecule has 2 aromatic rings. The summed E-state index contributed by atoms with van der Waals surface area (Å²) in [5.41, 5.74) is 0.147. The normalized spacial score (nSPS) is 12.5. The van der Waals surface area contributed by atoms with E-state index in [1.54, 1.807) is 18.2 Å². The van der Waals surface area contributed by atoms with Crippen LogP contribution in [0.25, 0.3) is 0 Å². The van der Waals surface area contributed by atoms with Crippen molar-refractivity contribution in [2.75, 3.05) is 5.32 Å². The predicted octanol–water partition coefficient (Wildman–Crippen LogP) is 3.26. The summed E-state index contributed by atoms with van der Waals surface area (Å²) in [4.78, 5) is 11.9. The van der Waals surface area contributed by atoms with Gasteiger partial charge in [-0.1, -0.05) is 42.5 Å². The fourth-order valence-corrected chi connectivity index (χ4v) is 1.77. The van der Waals surface area contributed by atoms with Gasteiger partial charge in [0.1, 0.15) is 0 Å². The van der Waals surface area contributed by atoms with Crippen molar-refractivity contribution in [2.45, 2.75) is 12.5 Å². The van der Waals surface area contributed by atoms with E-state index in [9.17, 15) is 23.1 Å². The van der Waals surface area contributed by atoms with Crippen molar-refractivity contribution in [3.63, 3.8) is 0 Å². The molecular weight excluding hydrogens is 299 g/mol. The van der Waals surface area contributed by atoms with Crippen LogP contribution in [0.15, 0.2) is 54.6 Å². The highest BCUT2D eigenvalue weighted by atomic mass is 19.4. The topological polar surface area (TPSA) is 58.6 Å². The zero-order valence-corrected chi connectivity index (χ0v) is 11.2. The lowest BCUT2D eigenvalue weighted by molar-refractivity contribution is -0.274. The number of benzene rings is 2. The number of alkyl halides is 3. The van der Waals surface area contributed by atoms with Gasteiger partial charge in [0.15, 0.2) is 11.9 Å². The van der Waals surface area contributed by atoms with Gasteiger partial charge in [-0.2, -0.15) is 0 Å². The van der Waals surface area contributed by atoms with Crippen LogP contribution in [0, 0.1) is 0 Å². The maximum absolute atomic E-state index is 12.3. The number of hydrogen-bond acceptors (Lipinski definition) is 3. The first-order chi connectivity index (χ1) is 10.4. The highest BCUT2D eigenvalue weighted by molar-refractivity contribution is 5.95. The Morgan fingerprint density at radius 2 is 1.64 bits per heavy atom. The molecule has 0 spiro atoms. The molecule has 0 bridgehead atoms. The summed E-state index contributed by atoms with van der Waals surface area (Å²) in [5.74, 6) is -1.41. The highest BCUT2D eigenvalue weighted by Crippen LogP contribution is 2.30. The lowest BCUT2D eigenvalue weighted by Crippen LogP contribution is -2.23. The summed E-state index contributed by atoms with van der Waals surface area (Å²) in [6, 6.07) is 13.1. The average Bonchev–Trinajstić information content (AvgIpc) is 2.48. The largest absolute Gasteiger partial charge is 0.573 e. The minimum absolute atomic E-state index is 0.181. The van der Waals surface area contributed by atoms with Gasteiger partial charge in [-0.3, -0.25) is 4.79 Å². The molecular formula is C15H12F3NO3. The molecule has 1 unspecified atom stereocenters. The number of hydrogen-bond donors (Lipinski definition) is 2. The molecule has 0 saturated carbocycles. The number of amides is 1. The molecule has 2 aromatic carbocycles. The van der Waals surface area contributed by atoms with E-state index < -0.39 is 24.1 Å². The molecule has 0 aliphatic carbocycles. The van der Waals surface area contributed by atoms with Crippen LogP contribution in [-0.2, 0) is 4.79 Å². The van der Waals surface area contributed by atoms with Crippen molar-refractivity contribution >= 4 is 11.6 Å². The van der Waals surface area contributed by atoms with Gasteiger partial charge in [-0.25, -0.2) is 0 Å². The Balaban J connectivity index is 2.15. The quantitative estimate of drug-likeness (QED) is 0.911. The van der Waals surface area contributed by atoms with Crippen molar-refractivity contribution < 1.29 is 27.8 Å². The fourth-order valence-electron chi connectivity index (χ4n) is 1.77. The van der Waals surface area contributed by atoms with Gasteiger partial charge in [0.25, 0.3) is 5.91 Å². The molecule has 0 aromatic heterocycles. The fraction of sp³-hybridized carbons (Fsp3) is 0.133. The number of para-hydroxylation sites is 2. The van der Waals surface area contributed by atoms with Crippen LogP contribution in [0.5, 0.6) is 5.75 Å². The first kappa shape index (κ1) is 15.8. The zero-order valence-electron chi connectivity index (χ0n) is 11.2. The van der Waals surface area contributed by atoms with Gasteiger partial charge in [0, 0.05) is 0 Å². The van der Waals surface area contributed by atoms with E-state index in [0.29, 0.717) is 5.56 Å². The van der Waals surface area contributed by atoms with Crippen LogP contribution in [-0.4, -0.2) is 17.4 Å². The maximum Gasteiger partial charge on any atom is 0.573 e. The predicted molar refractivity (Wildman–Crippen MR) is 73.2 cm³/mol. The van der Waals surface area contributed by atoms with Crippen molar-refractivity contribution in [3.8, 4) is 5.75 Å². The molecule has 22 heavy (non-hydrogen) atoms. The molecule has 7 heteroatoms. The molecule has 2 rings (SSSR count). The minimum atomic E-state index is -4.88. The minimum Gasteiger partial charge on any atom is -0.404 e. The molecule has 0 aliphatic rings. The first-order valence-corrected chi connectivity index (χ1v) is 6.25. The Morgan fingerprint density at radius 1 is 1.05 bits per heavy atom. The second-order valence-corrected chi connectivity index (χ2v) is 4.35. The van der Waals surface area contributed by atoms with Gasteiger partial charge in [-0.15, -0.1) is 13.2 Å². The van der Waals surface area contributed by atoms with E-state index >= 15 is 0 Å². The summed E-state index contributed by atoms with van der Waals surface area (Å²) in [6.45, 7) is 0. The standard InChI is InChI=1S/C15H12F3NO3/c16-15(17,18)22-12-9-5-4-8-11(12)19-14(21)13(20)10-6-2-1-3-7-10/h1-9,13,20H,(H,19,21). The van der Waals surface area contributed by atoms with Gasteiger partial charge in [0.2, 0.25) is 0 Å². The van der Waals surface area contributed by atoms with Crippen molar-refractivity contribution in [3.05, 3.63) is 60.2 Å². The molecule has 2 N–H and O–H groups in total. The molecule has 0 heterocycles. The number of anilines is 1. The van der Waals surface area contributed by atoms with Crippen LogP contribution in [0.2, 0.25) is 0 Å². The van der Waals surface area contributed by atoms with Gasteiger partial charge in [-0.05, 0) is 17.7 Å². The Hall–Kier alpha value is -2.54. The monoisotopic (exact) mass is 311 g/mol. The zero-order chi connectivity index (χ0) is 16.2. The van der Waals surface area contributed by atoms with E-state index in [-0.39, 0.29) is 5.69 Å². The van der Waals surface area contributed by atoms with Crippen molar-refractivity contribution in [1.29, 1.82) is 0 Å². The van der Waals surface area contributed by atoms with Gasteiger partial charge < -0.3 is 15.2 Å². The third kappa shape index (κ3) is 4.23. The van der Waals surface area contributed by atoms with Crippen LogP contribution in [0.1, 0.15) is 11.7 Å². The molecule has 4 nitrogen and oxygen atoms in total. The lowest BCUT2D eigenvalue weighted by atomic mass is 10.1. The third-order valence-electron chi connectivity index (χ3n) is 2.73. The summed E-state index contributed by atoms with van der Waals surface area (Å²) in [6.07, 6.45) is -6.38. The number of ether oxygens (including phenoxy) is 1. The molecule has 1 amide bonds.